The Morgan fingerprint density at radius 1 is 0.944 bits per heavy atom. The number of carbonyl (C=O) groups excluding carboxylic acids is 2. The van der Waals surface area contributed by atoms with E-state index in [0.29, 0.717) is 16.1 Å². The van der Waals surface area contributed by atoms with E-state index in [1.54, 1.807) is 43.6 Å². The highest BCUT2D eigenvalue weighted by Crippen LogP contribution is 2.35. The molecule has 0 spiro atoms. The molecule has 2 N–H and O–H groups in total. The van der Waals surface area contributed by atoms with Gasteiger partial charge in [0, 0.05) is 24.6 Å². The second-order valence-electron chi connectivity index (χ2n) is 7.47. The molecule has 0 fully saturated rings. The topological polar surface area (TPSA) is 107 Å². The van der Waals surface area contributed by atoms with Gasteiger partial charge < -0.3 is 15.1 Å². The van der Waals surface area contributed by atoms with Crippen molar-refractivity contribution in [3.63, 3.8) is 0 Å². The lowest BCUT2D eigenvalue weighted by Crippen LogP contribution is -2.13. The van der Waals surface area contributed by atoms with Gasteiger partial charge in [0.05, 0.1) is 11.6 Å². The number of anilines is 2. The summed E-state index contributed by atoms with van der Waals surface area (Å²) >= 11 is 5.64. The Morgan fingerprint density at radius 2 is 1.58 bits per heavy atom. The fourth-order valence-corrected chi connectivity index (χ4v) is 3.53. The standard InChI is InChI=1S/C22H17ClF4N6O3/c1-32-9-8-14(30-32)21(34)28-11-2-4-12(5-3-11)29-22(35)15-7-6-13(36-15)10-33-18(20(26)27)16(23)17(31-33)19(24)25/h2-9,19-20H,10H2,1H3,(H,28,34)(H,29,35). The van der Waals surface area contributed by atoms with Crippen molar-refractivity contribution in [2.45, 2.75) is 19.4 Å². The third-order valence-corrected chi connectivity index (χ3v) is 5.29. The van der Waals surface area contributed by atoms with Gasteiger partial charge in [-0.3, -0.25) is 19.0 Å². The number of alkyl halides is 4. The molecule has 36 heavy (non-hydrogen) atoms. The largest absolute Gasteiger partial charge is 0.454 e. The number of hydrogen-bond acceptors (Lipinski definition) is 5. The van der Waals surface area contributed by atoms with Gasteiger partial charge in [-0.25, -0.2) is 17.6 Å². The van der Waals surface area contributed by atoms with Gasteiger partial charge in [-0.05, 0) is 42.5 Å². The molecule has 3 heterocycles. The number of hydrogen-bond donors (Lipinski definition) is 2. The van der Waals surface area contributed by atoms with Gasteiger partial charge in [0.25, 0.3) is 24.7 Å². The molecule has 188 valence electrons. The van der Waals surface area contributed by atoms with E-state index in [4.69, 9.17) is 16.0 Å². The summed E-state index contributed by atoms with van der Waals surface area (Å²) in [6.45, 7) is -0.440. The van der Waals surface area contributed by atoms with Crippen LogP contribution in [0.3, 0.4) is 0 Å². The molecule has 0 radical (unpaired) electrons. The van der Waals surface area contributed by atoms with E-state index < -0.39 is 47.6 Å². The van der Waals surface area contributed by atoms with Crippen LogP contribution < -0.4 is 10.6 Å². The quantitative estimate of drug-likeness (QED) is 0.305. The lowest BCUT2D eigenvalue weighted by Gasteiger charge is -2.07. The predicted molar refractivity (Wildman–Crippen MR) is 121 cm³/mol. The van der Waals surface area contributed by atoms with Gasteiger partial charge in [-0.1, -0.05) is 11.6 Å². The first-order valence-electron chi connectivity index (χ1n) is 10.3. The summed E-state index contributed by atoms with van der Waals surface area (Å²) < 4.78 is 60.1. The molecule has 0 aliphatic heterocycles. The number of aromatic nitrogens is 4. The maximum Gasteiger partial charge on any atom is 0.291 e. The minimum absolute atomic E-state index is 0.0228. The van der Waals surface area contributed by atoms with E-state index in [-0.39, 0.29) is 17.2 Å². The van der Waals surface area contributed by atoms with Gasteiger partial charge in [0.1, 0.15) is 17.1 Å². The van der Waals surface area contributed by atoms with Crippen LogP contribution in [-0.2, 0) is 13.6 Å². The van der Waals surface area contributed by atoms with Crippen LogP contribution in [0.2, 0.25) is 5.02 Å². The average molecular weight is 525 g/mol. The van der Waals surface area contributed by atoms with Gasteiger partial charge in [-0.15, -0.1) is 0 Å². The number of nitrogens with zero attached hydrogens (tertiary/aromatic N) is 4. The molecule has 9 nitrogen and oxygen atoms in total. The summed E-state index contributed by atoms with van der Waals surface area (Å²) in [4.78, 5) is 24.7. The summed E-state index contributed by atoms with van der Waals surface area (Å²) in [6.07, 6.45) is -4.65. The molecule has 0 unspecified atom stereocenters. The molecule has 4 rings (SSSR count). The first kappa shape index (κ1) is 25.0. The summed E-state index contributed by atoms with van der Waals surface area (Å²) in [7, 11) is 1.69. The minimum atomic E-state index is -3.15. The van der Waals surface area contributed by atoms with Crippen molar-refractivity contribution < 1.29 is 31.6 Å². The highest BCUT2D eigenvalue weighted by molar-refractivity contribution is 6.32. The smallest absolute Gasteiger partial charge is 0.291 e. The van der Waals surface area contributed by atoms with E-state index in [1.165, 1.54) is 16.8 Å². The molecule has 3 aromatic heterocycles. The third kappa shape index (κ3) is 5.40. The van der Waals surface area contributed by atoms with Gasteiger partial charge >= 0.3 is 0 Å². The number of aryl methyl sites for hydroxylation is 1. The number of carbonyl (C=O) groups is 2. The Balaban J connectivity index is 1.40. The molecule has 0 saturated heterocycles. The SMILES string of the molecule is Cn1ccc(C(=O)Nc2ccc(NC(=O)c3ccc(Cn4nc(C(F)F)c(Cl)c4C(F)F)o3)cc2)n1. The van der Waals surface area contributed by atoms with E-state index in [1.807, 2.05) is 0 Å². The molecule has 2 amide bonds. The van der Waals surface area contributed by atoms with E-state index in [9.17, 15) is 27.2 Å². The Kier molecular flexibility index (Phi) is 7.10. The highest BCUT2D eigenvalue weighted by atomic mass is 35.5. The van der Waals surface area contributed by atoms with Crippen LogP contribution >= 0.6 is 11.6 Å². The van der Waals surface area contributed by atoms with Crippen molar-refractivity contribution in [3.05, 3.63) is 82.3 Å². The van der Waals surface area contributed by atoms with Crippen molar-refractivity contribution in [2.75, 3.05) is 10.6 Å². The molecule has 0 bridgehead atoms. The molecular formula is C22H17ClF4N6O3. The Bertz CT molecular complexity index is 1400. The Labute approximate surface area is 205 Å². The van der Waals surface area contributed by atoms with Crippen LogP contribution in [0.15, 0.2) is 53.1 Å². The molecular weight excluding hydrogens is 508 g/mol. The maximum atomic E-state index is 13.3. The van der Waals surface area contributed by atoms with Gasteiger partial charge in [0.15, 0.2) is 11.5 Å². The highest BCUT2D eigenvalue weighted by Gasteiger charge is 2.28. The number of halogens is 5. The van der Waals surface area contributed by atoms with Crippen molar-refractivity contribution in [1.29, 1.82) is 0 Å². The molecule has 0 aliphatic carbocycles. The van der Waals surface area contributed by atoms with Crippen LogP contribution in [0, 0.1) is 0 Å². The van der Waals surface area contributed by atoms with Crippen LogP contribution in [0.4, 0.5) is 28.9 Å². The minimum Gasteiger partial charge on any atom is -0.454 e. The van der Waals surface area contributed by atoms with Gasteiger partial charge in [0.2, 0.25) is 0 Å². The summed E-state index contributed by atoms with van der Waals surface area (Å²) in [6, 6.07) is 10.4. The predicted octanol–water partition coefficient (Wildman–Crippen LogP) is 5.29. The number of rotatable bonds is 8. The normalized spacial score (nSPS) is 11.3. The number of furan rings is 1. The number of benzene rings is 1. The Morgan fingerprint density at radius 3 is 2.14 bits per heavy atom. The zero-order valence-electron chi connectivity index (χ0n) is 18.4. The fourth-order valence-electron chi connectivity index (χ4n) is 3.23. The molecule has 14 heteroatoms. The number of amides is 2. The van der Waals surface area contributed by atoms with E-state index >= 15 is 0 Å². The molecule has 0 atom stereocenters. The first-order valence-corrected chi connectivity index (χ1v) is 10.6. The average Bonchev–Trinajstić information content (AvgIpc) is 3.54. The third-order valence-electron chi connectivity index (χ3n) is 4.91. The Hall–Kier alpha value is -4.13. The lowest BCUT2D eigenvalue weighted by molar-refractivity contribution is 0.0991. The van der Waals surface area contributed by atoms with E-state index in [0.717, 1.165) is 0 Å². The zero-order valence-corrected chi connectivity index (χ0v) is 19.1. The summed E-state index contributed by atoms with van der Waals surface area (Å²) in [5.41, 5.74) is -0.734. The molecule has 0 saturated carbocycles. The summed E-state index contributed by atoms with van der Waals surface area (Å²) in [5, 5.41) is 11.9. The monoisotopic (exact) mass is 524 g/mol. The fraction of sp³-hybridized carbons (Fsp3) is 0.182. The van der Waals surface area contributed by atoms with Crippen molar-refractivity contribution in [1.82, 2.24) is 19.6 Å². The van der Waals surface area contributed by atoms with Crippen molar-refractivity contribution in [3.8, 4) is 0 Å². The first-order chi connectivity index (χ1) is 17.1. The zero-order chi connectivity index (χ0) is 26.0. The maximum absolute atomic E-state index is 13.3. The van der Waals surface area contributed by atoms with Crippen LogP contribution in [0.25, 0.3) is 0 Å². The van der Waals surface area contributed by atoms with Crippen molar-refractivity contribution >= 4 is 34.8 Å². The van der Waals surface area contributed by atoms with Crippen LogP contribution in [-0.4, -0.2) is 31.4 Å². The van der Waals surface area contributed by atoms with Crippen molar-refractivity contribution in [2.24, 2.45) is 7.05 Å². The molecule has 4 aromatic rings. The summed E-state index contributed by atoms with van der Waals surface area (Å²) in [5.74, 6) is -1.17. The van der Waals surface area contributed by atoms with Crippen LogP contribution in [0.1, 0.15) is 51.0 Å². The molecule has 0 aliphatic rings. The number of nitrogens with one attached hydrogen (secondary N) is 2. The molecule has 1 aromatic carbocycles. The van der Waals surface area contributed by atoms with Gasteiger partial charge in [-0.2, -0.15) is 10.2 Å². The second-order valence-corrected chi connectivity index (χ2v) is 7.85. The van der Waals surface area contributed by atoms with E-state index in [2.05, 4.69) is 20.8 Å². The van der Waals surface area contributed by atoms with Crippen LogP contribution in [0.5, 0.6) is 0 Å². The second kappa shape index (κ2) is 10.2. The lowest BCUT2D eigenvalue weighted by atomic mass is 10.2.